The van der Waals surface area contributed by atoms with E-state index < -0.39 is 0 Å². The average molecular weight is 238 g/mol. The summed E-state index contributed by atoms with van der Waals surface area (Å²) in [6, 6.07) is 0. The molecular weight excluding hydrogens is 212 g/mol. The van der Waals surface area contributed by atoms with Gasteiger partial charge in [0, 0.05) is 18.4 Å². The summed E-state index contributed by atoms with van der Waals surface area (Å²) >= 11 is 0. The zero-order valence-corrected chi connectivity index (χ0v) is 11.3. The summed E-state index contributed by atoms with van der Waals surface area (Å²) in [6.07, 6.45) is 10.7. The lowest BCUT2D eigenvalue weighted by Gasteiger charge is -2.38. The number of rotatable bonds is 3. The second-order valence-electron chi connectivity index (χ2n) is 6.19. The maximum Gasteiger partial charge on any atom is 0.141 e. The third kappa shape index (κ3) is 2.90. The molecule has 2 aliphatic carbocycles. The van der Waals surface area contributed by atoms with E-state index in [1.807, 2.05) is 0 Å². The highest BCUT2D eigenvalue weighted by molar-refractivity contribution is 5.86. The van der Waals surface area contributed by atoms with Gasteiger partial charge in [0.2, 0.25) is 0 Å². The summed E-state index contributed by atoms with van der Waals surface area (Å²) in [4.78, 5) is 12.6. The molecule has 0 atom stereocenters. The van der Waals surface area contributed by atoms with Crippen LogP contribution in [0.4, 0.5) is 0 Å². The molecule has 0 aromatic carbocycles. The average Bonchev–Trinajstić information content (AvgIpc) is 2.40. The Morgan fingerprint density at radius 1 is 1.06 bits per heavy atom. The number of methoxy groups -OCH3 is 1. The molecule has 98 valence electrons. The van der Waals surface area contributed by atoms with Crippen molar-refractivity contribution in [3.05, 3.63) is 0 Å². The number of Topliss-reactive ketones (excluding diaryl/α,β-unsaturated/α-hetero) is 1. The molecule has 0 N–H and O–H groups in total. The normalized spacial score (nSPS) is 35.8. The van der Waals surface area contributed by atoms with E-state index in [2.05, 4.69) is 6.92 Å². The number of ether oxygens (including phenoxy) is 1. The Balaban J connectivity index is 1.93. The van der Waals surface area contributed by atoms with Gasteiger partial charge >= 0.3 is 0 Å². The van der Waals surface area contributed by atoms with Gasteiger partial charge in [0.25, 0.3) is 0 Å². The Morgan fingerprint density at radius 2 is 1.65 bits per heavy atom. The van der Waals surface area contributed by atoms with Crippen molar-refractivity contribution in [2.75, 3.05) is 7.11 Å². The smallest absolute Gasteiger partial charge is 0.141 e. The molecule has 2 nitrogen and oxygen atoms in total. The number of hydrogen-bond donors (Lipinski definition) is 0. The Morgan fingerprint density at radius 3 is 2.18 bits per heavy atom. The first-order valence-electron chi connectivity index (χ1n) is 7.23. The predicted molar refractivity (Wildman–Crippen MR) is 69.0 cm³/mol. The summed E-state index contributed by atoms with van der Waals surface area (Å²) in [7, 11) is 1.79. The fourth-order valence-electron chi connectivity index (χ4n) is 3.57. The number of hydrogen-bond acceptors (Lipinski definition) is 2. The largest absolute Gasteiger partial charge is 0.381 e. The van der Waals surface area contributed by atoms with Gasteiger partial charge in [-0.3, -0.25) is 4.79 Å². The van der Waals surface area contributed by atoms with Gasteiger partial charge in [-0.05, 0) is 38.5 Å². The molecule has 0 heterocycles. The topological polar surface area (TPSA) is 26.3 Å². The van der Waals surface area contributed by atoms with E-state index in [0.29, 0.717) is 17.8 Å². The van der Waals surface area contributed by atoms with E-state index >= 15 is 0 Å². The van der Waals surface area contributed by atoms with Crippen molar-refractivity contribution in [2.45, 2.75) is 70.8 Å². The van der Waals surface area contributed by atoms with Crippen molar-refractivity contribution in [1.29, 1.82) is 0 Å². The summed E-state index contributed by atoms with van der Waals surface area (Å²) in [5.74, 6) is 0.930. The van der Waals surface area contributed by atoms with Crippen LogP contribution >= 0.6 is 0 Å². The molecule has 0 bridgehead atoms. The van der Waals surface area contributed by atoms with Crippen LogP contribution in [0.25, 0.3) is 0 Å². The molecule has 0 spiro atoms. The van der Waals surface area contributed by atoms with Gasteiger partial charge in [-0.2, -0.15) is 0 Å². The van der Waals surface area contributed by atoms with E-state index in [9.17, 15) is 4.79 Å². The van der Waals surface area contributed by atoms with Crippen LogP contribution in [0, 0.1) is 11.3 Å². The summed E-state index contributed by atoms with van der Waals surface area (Å²) in [5.41, 5.74) is -0.0446. The maximum absolute atomic E-state index is 12.6. The molecule has 0 aromatic rings. The fraction of sp³-hybridized carbons (Fsp3) is 0.933. The molecule has 2 aliphatic rings. The van der Waals surface area contributed by atoms with Gasteiger partial charge in [-0.15, -0.1) is 0 Å². The third-order valence-electron chi connectivity index (χ3n) is 4.94. The molecule has 0 saturated heterocycles. The molecule has 0 aliphatic heterocycles. The minimum Gasteiger partial charge on any atom is -0.381 e. The zero-order valence-electron chi connectivity index (χ0n) is 11.3. The molecule has 2 heteroatoms. The van der Waals surface area contributed by atoms with E-state index in [-0.39, 0.29) is 5.41 Å². The van der Waals surface area contributed by atoms with Gasteiger partial charge in [0.05, 0.1) is 6.10 Å². The van der Waals surface area contributed by atoms with Crippen LogP contribution in [0.2, 0.25) is 0 Å². The molecule has 2 rings (SSSR count). The standard InChI is InChI=1S/C15H26O2/c1-15(10-8-13(17-2)9-11-15)14(16)12-6-4-3-5-7-12/h12-13H,3-11H2,1-2H3. The van der Waals surface area contributed by atoms with Gasteiger partial charge in [-0.25, -0.2) is 0 Å². The molecule has 0 radical (unpaired) electrons. The van der Waals surface area contributed by atoms with E-state index in [0.717, 1.165) is 38.5 Å². The molecule has 2 fully saturated rings. The molecule has 17 heavy (non-hydrogen) atoms. The van der Waals surface area contributed by atoms with Gasteiger partial charge in [-0.1, -0.05) is 26.2 Å². The lowest BCUT2D eigenvalue weighted by molar-refractivity contribution is -0.136. The summed E-state index contributed by atoms with van der Waals surface area (Å²) in [5, 5.41) is 0. The minimum atomic E-state index is -0.0446. The van der Waals surface area contributed by atoms with Crippen molar-refractivity contribution >= 4 is 5.78 Å². The minimum absolute atomic E-state index is 0.0446. The van der Waals surface area contributed by atoms with Crippen LogP contribution in [0.1, 0.15) is 64.7 Å². The van der Waals surface area contributed by atoms with Crippen LogP contribution in [-0.4, -0.2) is 19.0 Å². The first kappa shape index (κ1) is 13.1. The van der Waals surface area contributed by atoms with Crippen LogP contribution in [0.5, 0.6) is 0 Å². The van der Waals surface area contributed by atoms with E-state index in [4.69, 9.17) is 4.74 Å². The highest BCUT2D eigenvalue weighted by Crippen LogP contribution is 2.42. The number of carbonyl (C=O) groups excluding carboxylic acids is 1. The van der Waals surface area contributed by atoms with Crippen molar-refractivity contribution in [2.24, 2.45) is 11.3 Å². The Kier molecular flexibility index (Phi) is 4.24. The molecule has 0 unspecified atom stereocenters. The summed E-state index contributed by atoms with van der Waals surface area (Å²) < 4.78 is 5.40. The molecule has 0 amide bonds. The number of carbonyl (C=O) groups is 1. The quantitative estimate of drug-likeness (QED) is 0.749. The highest BCUT2D eigenvalue weighted by Gasteiger charge is 2.40. The zero-order chi connectivity index (χ0) is 12.3. The fourth-order valence-corrected chi connectivity index (χ4v) is 3.57. The Bertz CT molecular complexity index is 258. The van der Waals surface area contributed by atoms with Gasteiger partial charge < -0.3 is 4.74 Å². The van der Waals surface area contributed by atoms with E-state index in [1.54, 1.807) is 7.11 Å². The lowest BCUT2D eigenvalue weighted by Crippen LogP contribution is -2.39. The van der Waals surface area contributed by atoms with E-state index in [1.165, 1.54) is 19.3 Å². The van der Waals surface area contributed by atoms with Crippen molar-refractivity contribution < 1.29 is 9.53 Å². The summed E-state index contributed by atoms with van der Waals surface area (Å²) in [6.45, 7) is 2.19. The van der Waals surface area contributed by atoms with Crippen LogP contribution < -0.4 is 0 Å². The Labute approximate surface area is 105 Å². The van der Waals surface area contributed by atoms with Crippen LogP contribution in [0.3, 0.4) is 0 Å². The highest BCUT2D eigenvalue weighted by atomic mass is 16.5. The van der Waals surface area contributed by atoms with Crippen LogP contribution in [0.15, 0.2) is 0 Å². The van der Waals surface area contributed by atoms with Crippen molar-refractivity contribution in [1.82, 2.24) is 0 Å². The second kappa shape index (κ2) is 5.51. The first-order valence-corrected chi connectivity index (χ1v) is 7.23. The monoisotopic (exact) mass is 238 g/mol. The first-order chi connectivity index (χ1) is 8.15. The van der Waals surface area contributed by atoms with Gasteiger partial charge in [0.1, 0.15) is 5.78 Å². The molecule has 2 saturated carbocycles. The lowest BCUT2D eigenvalue weighted by atomic mass is 9.66. The SMILES string of the molecule is COC1CCC(C)(C(=O)C2CCCCC2)CC1. The number of ketones is 1. The van der Waals surface area contributed by atoms with Crippen molar-refractivity contribution in [3.63, 3.8) is 0 Å². The van der Waals surface area contributed by atoms with Crippen LogP contribution in [-0.2, 0) is 9.53 Å². The maximum atomic E-state index is 12.6. The predicted octanol–water partition coefficient (Wildman–Crippen LogP) is 3.73. The molecular formula is C15H26O2. The second-order valence-corrected chi connectivity index (χ2v) is 6.19. The van der Waals surface area contributed by atoms with Gasteiger partial charge in [0.15, 0.2) is 0 Å². The molecule has 0 aromatic heterocycles. The Hall–Kier alpha value is -0.370. The van der Waals surface area contributed by atoms with Crippen molar-refractivity contribution in [3.8, 4) is 0 Å². The third-order valence-corrected chi connectivity index (χ3v) is 4.94.